The van der Waals surface area contributed by atoms with E-state index < -0.39 is 0 Å². The number of anilines is 1. The normalized spacial score (nSPS) is 15.9. The molecule has 5 nitrogen and oxygen atoms in total. The maximum absolute atomic E-state index is 11.6. The van der Waals surface area contributed by atoms with Crippen LogP contribution in [0.25, 0.3) is 0 Å². The summed E-state index contributed by atoms with van der Waals surface area (Å²) in [6.45, 7) is 1.55. The van der Waals surface area contributed by atoms with Crippen molar-refractivity contribution in [3.63, 3.8) is 0 Å². The third-order valence-corrected chi connectivity index (χ3v) is 4.14. The van der Waals surface area contributed by atoms with E-state index in [4.69, 9.17) is 4.74 Å². The van der Waals surface area contributed by atoms with Crippen molar-refractivity contribution >= 4 is 21.6 Å². The van der Waals surface area contributed by atoms with Gasteiger partial charge in [-0.1, -0.05) is 12.8 Å². The lowest BCUT2D eigenvalue weighted by Gasteiger charge is -2.12. The fraction of sp³-hybridized carbons (Fsp3) is 0.692. The van der Waals surface area contributed by atoms with Crippen molar-refractivity contribution in [1.82, 2.24) is 9.78 Å². The molecule has 0 unspecified atom stereocenters. The molecule has 106 valence electrons. The summed E-state index contributed by atoms with van der Waals surface area (Å²) in [6, 6.07) is 0. The van der Waals surface area contributed by atoms with E-state index >= 15 is 0 Å². The molecule has 1 aromatic rings. The summed E-state index contributed by atoms with van der Waals surface area (Å²) in [7, 11) is 1.63. The van der Waals surface area contributed by atoms with Crippen molar-refractivity contribution < 1.29 is 4.74 Å². The van der Waals surface area contributed by atoms with E-state index in [1.807, 2.05) is 0 Å². The van der Waals surface area contributed by atoms with Gasteiger partial charge in [0.25, 0.3) is 5.56 Å². The molecule has 1 aromatic heterocycles. The molecule has 0 saturated heterocycles. The van der Waals surface area contributed by atoms with Crippen LogP contribution in [0.4, 0.5) is 5.69 Å². The third kappa shape index (κ3) is 4.04. The first kappa shape index (κ1) is 14.5. The standard InChI is InChI=1S/C13H20BrN3O2/c1-17-13(18)12(14)11(9-16-17)15-7-4-8-19-10-5-2-3-6-10/h9-10,15H,2-8H2,1H3. The predicted octanol–water partition coefficient (Wildman–Crippen LogP) is 2.30. The average molecular weight is 330 g/mol. The largest absolute Gasteiger partial charge is 0.383 e. The van der Waals surface area contributed by atoms with Gasteiger partial charge in [0.2, 0.25) is 0 Å². The van der Waals surface area contributed by atoms with Gasteiger partial charge in [-0.3, -0.25) is 4.79 Å². The van der Waals surface area contributed by atoms with Crippen molar-refractivity contribution in [3.05, 3.63) is 21.0 Å². The van der Waals surface area contributed by atoms with Crippen LogP contribution >= 0.6 is 15.9 Å². The molecule has 0 spiro atoms. The van der Waals surface area contributed by atoms with Gasteiger partial charge in [-0.25, -0.2) is 4.68 Å². The molecule has 1 aliphatic carbocycles. The number of nitrogens with zero attached hydrogens (tertiary/aromatic N) is 2. The van der Waals surface area contributed by atoms with Crippen molar-refractivity contribution in [2.24, 2.45) is 7.05 Å². The summed E-state index contributed by atoms with van der Waals surface area (Å²) < 4.78 is 7.61. The number of hydrogen-bond donors (Lipinski definition) is 1. The van der Waals surface area contributed by atoms with E-state index in [-0.39, 0.29) is 5.56 Å². The van der Waals surface area contributed by atoms with E-state index in [1.54, 1.807) is 13.2 Å². The van der Waals surface area contributed by atoms with Crippen molar-refractivity contribution in [1.29, 1.82) is 0 Å². The van der Waals surface area contributed by atoms with Gasteiger partial charge in [0.05, 0.1) is 18.0 Å². The van der Waals surface area contributed by atoms with Crippen LogP contribution in [0.3, 0.4) is 0 Å². The lowest BCUT2D eigenvalue weighted by molar-refractivity contribution is 0.0583. The smallest absolute Gasteiger partial charge is 0.282 e. The van der Waals surface area contributed by atoms with Crippen LogP contribution < -0.4 is 10.9 Å². The van der Waals surface area contributed by atoms with Crippen molar-refractivity contribution in [2.75, 3.05) is 18.5 Å². The van der Waals surface area contributed by atoms with Gasteiger partial charge in [0.1, 0.15) is 4.47 Å². The number of halogens is 1. The molecule has 1 N–H and O–H groups in total. The fourth-order valence-electron chi connectivity index (χ4n) is 2.23. The van der Waals surface area contributed by atoms with Gasteiger partial charge in [-0.2, -0.15) is 5.10 Å². The molecule has 1 saturated carbocycles. The molecular weight excluding hydrogens is 310 g/mol. The van der Waals surface area contributed by atoms with E-state index in [0.29, 0.717) is 10.6 Å². The second kappa shape index (κ2) is 7.05. The summed E-state index contributed by atoms with van der Waals surface area (Å²) in [5.41, 5.74) is 0.608. The minimum atomic E-state index is -0.132. The van der Waals surface area contributed by atoms with Crippen LogP contribution in [0, 0.1) is 0 Å². The highest BCUT2D eigenvalue weighted by Crippen LogP contribution is 2.21. The molecule has 2 rings (SSSR count). The Labute approximate surface area is 121 Å². The summed E-state index contributed by atoms with van der Waals surface area (Å²) in [4.78, 5) is 11.6. The van der Waals surface area contributed by atoms with Gasteiger partial charge in [-0.05, 0) is 35.2 Å². The molecule has 19 heavy (non-hydrogen) atoms. The molecule has 6 heteroatoms. The summed E-state index contributed by atoms with van der Waals surface area (Å²) in [6.07, 6.45) is 8.07. The number of aromatic nitrogens is 2. The first-order chi connectivity index (χ1) is 9.18. The predicted molar refractivity (Wildman–Crippen MR) is 78.5 cm³/mol. The Bertz CT molecular complexity index is 469. The Kier molecular flexibility index (Phi) is 5.39. The number of rotatable bonds is 6. The maximum atomic E-state index is 11.6. The lowest BCUT2D eigenvalue weighted by atomic mass is 10.3. The maximum Gasteiger partial charge on any atom is 0.282 e. The molecular formula is C13H20BrN3O2. The summed E-state index contributed by atoms with van der Waals surface area (Å²) in [5, 5.41) is 7.19. The highest BCUT2D eigenvalue weighted by Gasteiger charge is 2.14. The van der Waals surface area contributed by atoms with Crippen LogP contribution in [0.15, 0.2) is 15.5 Å². The zero-order chi connectivity index (χ0) is 13.7. The van der Waals surface area contributed by atoms with E-state index in [9.17, 15) is 4.79 Å². The number of ether oxygens (including phenoxy) is 1. The zero-order valence-corrected chi connectivity index (χ0v) is 12.8. The summed E-state index contributed by atoms with van der Waals surface area (Å²) >= 11 is 3.29. The SMILES string of the molecule is Cn1ncc(NCCCOC2CCCC2)c(Br)c1=O. The Morgan fingerprint density at radius 2 is 2.26 bits per heavy atom. The summed E-state index contributed by atoms with van der Waals surface area (Å²) in [5.74, 6) is 0. The van der Waals surface area contributed by atoms with Crippen LogP contribution in [-0.4, -0.2) is 29.0 Å². The van der Waals surface area contributed by atoms with E-state index in [1.165, 1.54) is 30.4 Å². The van der Waals surface area contributed by atoms with Crippen LogP contribution in [-0.2, 0) is 11.8 Å². The Hall–Kier alpha value is -0.880. The first-order valence-corrected chi connectivity index (χ1v) is 7.55. The number of nitrogens with one attached hydrogen (secondary N) is 1. The first-order valence-electron chi connectivity index (χ1n) is 6.76. The van der Waals surface area contributed by atoms with Crippen LogP contribution in [0.2, 0.25) is 0 Å². The topological polar surface area (TPSA) is 56.1 Å². The molecule has 0 aromatic carbocycles. The zero-order valence-electron chi connectivity index (χ0n) is 11.2. The second-order valence-electron chi connectivity index (χ2n) is 4.86. The average Bonchev–Trinajstić information content (AvgIpc) is 2.91. The van der Waals surface area contributed by atoms with Gasteiger partial charge in [0, 0.05) is 20.2 Å². The number of hydrogen-bond acceptors (Lipinski definition) is 4. The molecule has 0 radical (unpaired) electrons. The van der Waals surface area contributed by atoms with E-state index in [2.05, 4.69) is 26.3 Å². The third-order valence-electron chi connectivity index (χ3n) is 3.37. The van der Waals surface area contributed by atoms with Crippen molar-refractivity contribution in [3.8, 4) is 0 Å². The van der Waals surface area contributed by atoms with Gasteiger partial charge in [0.15, 0.2) is 0 Å². The Morgan fingerprint density at radius 3 is 3.00 bits per heavy atom. The van der Waals surface area contributed by atoms with Gasteiger partial charge >= 0.3 is 0 Å². The fourth-order valence-corrected chi connectivity index (χ4v) is 2.73. The van der Waals surface area contributed by atoms with Crippen LogP contribution in [0.1, 0.15) is 32.1 Å². The molecule has 1 heterocycles. The Balaban J connectivity index is 1.70. The second-order valence-corrected chi connectivity index (χ2v) is 5.65. The Morgan fingerprint density at radius 1 is 1.53 bits per heavy atom. The molecule has 0 atom stereocenters. The molecule has 0 bridgehead atoms. The van der Waals surface area contributed by atoms with E-state index in [0.717, 1.165) is 25.3 Å². The molecule has 1 aliphatic rings. The van der Waals surface area contributed by atoms with Crippen molar-refractivity contribution in [2.45, 2.75) is 38.2 Å². The monoisotopic (exact) mass is 329 g/mol. The molecule has 0 amide bonds. The minimum absolute atomic E-state index is 0.132. The highest BCUT2D eigenvalue weighted by atomic mass is 79.9. The minimum Gasteiger partial charge on any atom is -0.383 e. The lowest BCUT2D eigenvalue weighted by Crippen LogP contribution is -2.21. The van der Waals surface area contributed by atoms with Crippen LogP contribution in [0.5, 0.6) is 0 Å². The molecule has 1 fully saturated rings. The quantitative estimate of drug-likeness (QED) is 0.813. The van der Waals surface area contributed by atoms with Gasteiger partial charge < -0.3 is 10.1 Å². The number of aryl methyl sites for hydroxylation is 1. The highest BCUT2D eigenvalue weighted by molar-refractivity contribution is 9.10. The molecule has 0 aliphatic heterocycles. The van der Waals surface area contributed by atoms with Gasteiger partial charge in [-0.15, -0.1) is 0 Å².